The van der Waals surface area contributed by atoms with Crippen molar-refractivity contribution in [2.45, 2.75) is 95.4 Å². The second kappa shape index (κ2) is 9.33. The Bertz CT molecular complexity index is 286. The Balaban J connectivity index is 4.82. The molecule has 0 bridgehead atoms. The molecular weight excluding hydrogens is 264 g/mol. The van der Waals surface area contributed by atoms with Gasteiger partial charge in [-0.2, -0.15) is 0 Å². The van der Waals surface area contributed by atoms with Crippen LogP contribution in [0.25, 0.3) is 0 Å². The standard InChI is InChI=1S/C22H46/c1-12-17(6)19(8)20(9)18(7)13-21(15(2)3)14-22(10,11)16(4)5/h15-21H,12-14H2,1-11H3. The Morgan fingerprint density at radius 1 is 0.727 bits per heavy atom. The summed E-state index contributed by atoms with van der Waals surface area (Å²) in [4.78, 5) is 0. The third kappa shape index (κ3) is 6.63. The molecular formula is C22H46. The van der Waals surface area contributed by atoms with Crippen LogP contribution >= 0.6 is 0 Å². The summed E-state index contributed by atoms with van der Waals surface area (Å²) < 4.78 is 0. The van der Waals surface area contributed by atoms with E-state index < -0.39 is 0 Å². The SMILES string of the molecule is CCC(C)C(C)C(C)C(C)CC(CC(C)(C)C(C)C)C(C)C. The van der Waals surface area contributed by atoms with E-state index in [4.69, 9.17) is 0 Å². The molecule has 5 atom stereocenters. The molecule has 5 unspecified atom stereocenters. The largest absolute Gasteiger partial charge is 0.0651 e. The maximum atomic E-state index is 2.50. The Labute approximate surface area is 142 Å². The van der Waals surface area contributed by atoms with Gasteiger partial charge in [0, 0.05) is 0 Å². The summed E-state index contributed by atoms with van der Waals surface area (Å²) in [6.07, 6.45) is 4.08. The first-order chi connectivity index (χ1) is 9.93. The van der Waals surface area contributed by atoms with Gasteiger partial charge in [-0.15, -0.1) is 0 Å². The first kappa shape index (κ1) is 22.0. The Kier molecular flexibility index (Phi) is 9.33. The lowest BCUT2D eigenvalue weighted by Gasteiger charge is -2.38. The molecule has 0 aliphatic heterocycles. The van der Waals surface area contributed by atoms with Gasteiger partial charge >= 0.3 is 0 Å². The van der Waals surface area contributed by atoms with Crippen LogP contribution in [0.1, 0.15) is 95.4 Å². The fourth-order valence-corrected chi connectivity index (χ4v) is 3.60. The van der Waals surface area contributed by atoms with E-state index in [-0.39, 0.29) is 0 Å². The van der Waals surface area contributed by atoms with Crippen LogP contribution in [0.15, 0.2) is 0 Å². The van der Waals surface area contributed by atoms with Gasteiger partial charge in [0.15, 0.2) is 0 Å². The molecule has 0 aliphatic carbocycles. The molecule has 0 amide bonds. The molecule has 22 heavy (non-hydrogen) atoms. The van der Waals surface area contributed by atoms with Gasteiger partial charge < -0.3 is 0 Å². The zero-order valence-corrected chi connectivity index (χ0v) is 17.7. The number of hydrogen-bond donors (Lipinski definition) is 0. The lowest BCUT2D eigenvalue weighted by atomic mass is 9.67. The highest BCUT2D eigenvalue weighted by molar-refractivity contribution is 4.81. The highest BCUT2D eigenvalue weighted by atomic mass is 14.4. The summed E-state index contributed by atoms with van der Waals surface area (Å²) in [7, 11) is 0. The second-order valence-corrected chi connectivity index (χ2v) is 9.67. The van der Waals surface area contributed by atoms with Crippen molar-refractivity contribution in [3.63, 3.8) is 0 Å². The van der Waals surface area contributed by atoms with Crippen LogP contribution in [0.2, 0.25) is 0 Å². The van der Waals surface area contributed by atoms with Crippen molar-refractivity contribution in [2.75, 3.05) is 0 Å². The minimum absolute atomic E-state index is 0.459. The zero-order chi connectivity index (χ0) is 17.7. The van der Waals surface area contributed by atoms with E-state index in [9.17, 15) is 0 Å². The molecule has 0 fully saturated rings. The van der Waals surface area contributed by atoms with E-state index in [1.54, 1.807) is 0 Å². The molecule has 0 radical (unpaired) electrons. The third-order valence-electron chi connectivity index (χ3n) is 7.24. The van der Waals surface area contributed by atoms with Crippen molar-refractivity contribution >= 4 is 0 Å². The van der Waals surface area contributed by atoms with Crippen LogP contribution in [0.4, 0.5) is 0 Å². The quantitative estimate of drug-likeness (QED) is 0.388. The summed E-state index contributed by atoms with van der Waals surface area (Å²) >= 11 is 0. The van der Waals surface area contributed by atoms with Crippen molar-refractivity contribution in [3.05, 3.63) is 0 Å². The van der Waals surface area contributed by atoms with Gasteiger partial charge in [-0.05, 0) is 59.7 Å². The van der Waals surface area contributed by atoms with Gasteiger partial charge in [-0.3, -0.25) is 0 Å². The van der Waals surface area contributed by atoms with Crippen LogP contribution in [-0.2, 0) is 0 Å². The van der Waals surface area contributed by atoms with Crippen LogP contribution in [0.3, 0.4) is 0 Å². The van der Waals surface area contributed by atoms with E-state index in [1.165, 1.54) is 19.3 Å². The van der Waals surface area contributed by atoms with Crippen LogP contribution in [0.5, 0.6) is 0 Å². The van der Waals surface area contributed by atoms with Crippen LogP contribution in [-0.4, -0.2) is 0 Å². The van der Waals surface area contributed by atoms with Crippen LogP contribution < -0.4 is 0 Å². The van der Waals surface area contributed by atoms with Crippen molar-refractivity contribution in [3.8, 4) is 0 Å². The van der Waals surface area contributed by atoms with Crippen molar-refractivity contribution in [1.82, 2.24) is 0 Å². The molecule has 0 heteroatoms. The summed E-state index contributed by atoms with van der Waals surface area (Å²) in [5.41, 5.74) is 0.459. The topological polar surface area (TPSA) is 0 Å². The lowest BCUT2D eigenvalue weighted by molar-refractivity contribution is 0.119. The molecule has 0 aromatic carbocycles. The van der Waals surface area contributed by atoms with E-state index in [0.29, 0.717) is 5.41 Å². The fraction of sp³-hybridized carbons (Fsp3) is 1.00. The predicted octanol–water partition coefficient (Wildman–Crippen LogP) is 7.68. The minimum atomic E-state index is 0.459. The third-order valence-corrected chi connectivity index (χ3v) is 7.24. The fourth-order valence-electron chi connectivity index (χ4n) is 3.60. The van der Waals surface area contributed by atoms with Gasteiger partial charge in [-0.25, -0.2) is 0 Å². The smallest absolute Gasteiger partial charge is 0.0328 e. The summed E-state index contributed by atoms with van der Waals surface area (Å²) in [6.45, 7) is 26.8. The Morgan fingerprint density at radius 2 is 1.18 bits per heavy atom. The Morgan fingerprint density at radius 3 is 1.55 bits per heavy atom. The summed E-state index contributed by atoms with van der Waals surface area (Å²) in [6, 6.07) is 0. The average molecular weight is 311 g/mol. The number of hydrogen-bond acceptors (Lipinski definition) is 0. The molecule has 0 aromatic heterocycles. The molecule has 0 rings (SSSR count). The predicted molar refractivity (Wildman–Crippen MR) is 103 cm³/mol. The van der Waals surface area contributed by atoms with Crippen molar-refractivity contribution in [2.24, 2.45) is 46.8 Å². The lowest BCUT2D eigenvalue weighted by Crippen LogP contribution is -2.29. The Hall–Kier alpha value is 0. The highest BCUT2D eigenvalue weighted by Gasteiger charge is 2.31. The molecule has 0 nitrogen and oxygen atoms in total. The first-order valence-electron chi connectivity index (χ1n) is 9.93. The molecule has 0 spiro atoms. The molecule has 0 saturated carbocycles. The molecule has 0 saturated heterocycles. The van der Waals surface area contributed by atoms with E-state index in [1.807, 2.05) is 0 Å². The molecule has 0 heterocycles. The van der Waals surface area contributed by atoms with Gasteiger partial charge in [-0.1, -0.05) is 82.6 Å². The minimum Gasteiger partial charge on any atom is -0.0651 e. The molecule has 0 aliphatic rings. The van der Waals surface area contributed by atoms with Crippen molar-refractivity contribution in [1.29, 1.82) is 0 Å². The monoisotopic (exact) mass is 310 g/mol. The molecule has 0 N–H and O–H groups in total. The van der Waals surface area contributed by atoms with Gasteiger partial charge in [0.2, 0.25) is 0 Å². The van der Waals surface area contributed by atoms with Crippen LogP contribution in [0, 0.1) is 46.8 Å². The average Bonchev–Trinajstić information content (AvgIpc) is 2.43. The van der Waals surface area contributed by atoms with Gasteiger partial charge in [0.1, 0.15) is 0 Å². The zero-order valence-electron chi connectivity index (χ0n) is 17.7. The van der Waals surface area contributed by atoms with E-state index >= 15 is 0 Å². The highest BCUT2D eigenvalue weighted by Crippen LogP contribution is 2.40. The first-order valence-corrected chi connectivity index (χ1v) is 9.93. The van der Waals surface area contributed by atoms with Gasteiger partial charge in [0.05, 0.1) is 0 Å². The summed E-state index contributed by atoms with van der Waals surface area (Å²) in [5.74, 6) is 5.77. The van der Waals surface area contributed by atoms with E-state index in [2.05, 4.69) is 76.2 Å². The van der Waals surface area contributed by atoms with E-state index in [0.717, 1.165) is 41.4 Å². The van der Waals surface area contributed by atoms with Crippen molar-refractivity contribution < 1.29 is 0 Å². The second-order valence-electron chi connectivity index (χ2n) is 9.67. The summed E-state index contributed by atoms with van der Waals surface area (Å²) in [5, 5.41) is 0. The molecule has 0 aromatic rings. The normalized spacial score (nSPS) is 20.0. The maximum absolute atomic E-state index is 2.50. The molecule has 134 valence electrons. The number of rotatable bonds is 10. The maximum Gasteiger partial charge on any atom is -0.0328 e. The van der Waals surface area contributed by atoms with Gasteiger partial charge in [0.25, 0.3) is 0 Å².